The fraction of sp³-hybridized carbons (Fsp3) is 0. The molecule has 0 spiro atoms. The van der Waals surface area contributed by atoms with E-state index in [0.29, 0.717) is 21.4 Å². The minimum Gasteiger partial charge on any atom is -0.412 e. The third-order valence-electron chi connectivity index (χ3n) is 2.33. The van der Waals surface area contributed by atoms with Crippen LogP contribution in [0.2, 0.25) is 10.0 Å². The molecule has 2 aromatic rings. The number of anilines is 2. The molecule has 2 aromatic carbocycles. The second-order valence-electron chi connectivity index (χ2n) is 3.47. The average Bonchev–Trinajstić information content (AvgIpc) is 2.26. The van der Waals surface area contributed by atoms with Gasteiger partial charge in [0, 0.05) is 0 Å². The van der Waals surface area contributed by atoms with E-state index in [1.807, 2.05) is 12.1 Å². The first-order valence-electron chi connectivity index (χ1n) is 4.68. The maximum Gasteiger partial charge on any atom is 0.0641 e. The minimum atomic E-state index is 0. The van der Waals surface area contributed by atoms with Gasteiger partial charge in [0.05, 0.1) is 21.4 Å². The van der Waals surface area contributed by atoms with Crippen LogP contribution < -0.4 is 11.5 Å². The van der Waals surface area contributed by atoms with Gasteiger partial charge < -0.3 is 16.9 Å². The SMILES string of the molecule is Nc1ccc(-c2ccc(N)c(Cl)c2)cc1Cl.O. The molecule has 0 aliphatic carbocycles. The second-order valence-corrected chi connectivity index (χ2v) is 4.29. The summed E-state index contributed by atoms with van der Waals surface area (Å²) in [5.74, 6) is 0. The van der Waals surface area contributed by atoms with Gasteiger partial charge in [-0.1, -0.05) is 35.3 Å². The van der Waals surface area contributed by atoms with Crippen LogP contribution >= 0.6 is 23.2 Å². The van der Waals surface area contributed by atoms with Crippen molar-refractivity contribution in [2.24, 2.45) is 0 Å². The summed E-state index contributed by atoms with van der Waals surface area (Å²) in [6.07, 6.45) is 0. The lowest BCUT2D eigenvalue weighted by molar-refractivity contribution is 0.824. The summed E-state index contributed by atoms with van der Waals surface area (Å²) < 4.78 is 0. The molecule has 0 unspecified atom stereocenters. The molecular weight excluding hydrogens is 259 g/mol. The molecule has 6 N–H and O–H groups in total. The van der Waals surface area contributed by atoms with E-state index in [1.165, 1.54) is 0 Å². The smallest absolute Gasteiger partial charge is 0.0641 e. The van der Waals surface area contributed by atoms with Gasteiger partial charge in [-0.2, -0.15) is 0 Å². The molecule has 2 rings (SSSR count). The lowest BCUT2D eigenvalue weighted by Gasteiger charge is -2.06. The van der Waals surface area contributed by atoms with E-state index in [9.17, 15) is 0 Å². The highest BCUT2D eigenvalue weighted by Gasteiger charge is 2.03. The molecule has 0 amide bonds. The first kappa shape index (κ1) is 13.6. The summed E-state index contributed by atoms with van der Waals surface area (Å²) in [6.45, 7) is 0. The van der Waals surface area contributed by atoms with E-state index in [-0.39, 0.29) is 5.48 Å². The number of rotatable bonds is 1. The molecular formula is C12H12Cl2N2O. The van der Waals surface area contributed by atoms with Crippen LogP contribution in [0.5, 0.6) is 0 Å². The first-order valence-corrected chi connectivity index (χ1v) is 5.44. The normalized spacial score (nSPS) is 9.76. The largest absolute Gasteiger partial charge is 0.412 e. The molecule has 0 radical (unpaired) electrons. The number of nitrogen functional groups attached to an aromatic ring is 2. The van der Waals surface area contributed by atoms with Crippen LogP contribution in [0.3, 0.4) is 0 Å². The Labute approximate surface area is 109 Å². The highest BCUT2D eigenvalue weighted by atomic mass is 35.5. The molecule has 0 aliphatic rings. The summed E-state index contributed by atoms with van der Waals surface area (Å²) in [6, 6.07) is 10.9. The number of hydrogen-bond donors (Lipinski definition) is 2. The van der Waals surface area contributed by atoms with Gasteiger partial charge in [-0.05, 0) is 35.4 Å². The van der Waals surface area contributed by atoms with Gasteiger partial charge in [0.1, 0.15) is 0 Å². The van der Waals surface area contributed by atoms with Crippen molar-refractivity contribution in [3.05, 3.63) is 46.4 Å². The molecule has 17 heavy (non-hydrogen) atoms. The predicted octanol–water partition coefficient (Wildman–Crippen LogP) is 3.00. The number of halogens is 2. The highest BCUT2D eigenvalue weighted by molar-refractivity contribution is 6.34. The number of nitrogens with two attached hydrogens (primary N) is 2. The van der Waals surface area contributed by atoms with E-state index >= 15 is 0 Å². The third kappa shape index (κ3) is 2.82. The van der Waals surface area contributed by atoms with Crippen LogP contribution in [-0.4, -0.2) is 5.48 Å². The van der Waals surface area contributed by atoms with Crippen molar-refractivity contribution in [2.45, 2.75) is 0 Å². The van der Waals surface area contributed by atoms with Gasteiger partial charge in [-0.15, -0.1) is 0 Å². The van der Waals surface area contributed by atoms with Gasteiger partial charge in [-0.3, -0.25) is 0 Å². The Morgan fingerprint density at radius 3 is 1.35 bits per heavy atom. The Balaban J connectivity index is 0.00000144. The highest BCUT2D eigenvalue weighted by Crippen LogP contribution is 2.30. The van der Waals surface area contributed by atoms with Crippen LogP contribution in [0, 0.1) is 0 Å². The summed E-state index contributed by atoms with van der Waals surface area (Å²) in [5.41, 5.74) is 14.3. The lowest BCUT2D eigenvalue weighted by Crippen LogP contribution is -1.88. The molecule has 0 aliphatic heterocycles. The van der Waals surface area contributed by atoms with Crippen LogP contribution in [0.15, 0.2) is 36.4 Å². The van der Waals surface area contributed by atoms with E-state index in [4.69, 9.17) is 34.7 Å². The third-order valence-corrected chi connectivity index (χ3v) is 2.99. The Bertz CT molecular complexity index is 495. The van der Waals surface area contributed by atoms with Crippen molar-refractivity contribution >= 4 is 34.6 Å². The molecule has 0 atom stereocenters. The summed E-state index contributed by atoms with van der Waals surface area (Å²) in [4.78, 5) is 0. The maximum atomic E-state index is 5.95. The zero-order chi connectivity index (χ0) is 11.7. The van der Waals surface area contributed by atoms with Crippen molar-refractivity contribution in [2.75, 3.05) is 11.5 Å². The number of hydrogen-bond acceptors (Lipinski definition) is 2. The van der Waals surface area contributed by atoms with Gasteiger partial charge in [-0.25, -0.2) is 0 Å². The van der Waals surface area contributed by atoms with Crippen molar-refractivity contribution in [1.29, 1.82) is 0 Å². The maximum absolute atomic E-state index is 5.95. The molecule has 5 heteroatoms. The Kier molecular flexibility index (Phi) is 4.23. The molecule has 0 heterocycles. The Morgan fingerprint density at radius 1 is 0.706 bits per heavy atom. The second kappa shape index (κ2) is 5.27. The van der Waals surface area contributed by atoms with Gasteiger partial charge in [0.2, 0.25) is 0 Å². The van der Waals surface area contributed by atoms with Crippen LogP contribution in [0.25, 0.3) is 11.1 Å². The minimum absolute atomic E-state index is 0. The van der Waals surface area contributed by atoms with Gasteiger partial charge >= 0.3 is 0 Å². The van der Waals surface area contributed by atoms with Crippen LogP contribution in [0.1, 0.15) is 0 Å². The predicted molar refractivity (Wildman–Crippen MR) is 74.3 cm³/mol. The topological polar surface area (TPSA) is 83.5 Å². The summed E-state index contributed by atoms with van der Waals surface area (Å²) in [5, 5.41) is 1.07. The van der Waals surface area contributed by atoms with Crippen molar-refractivity contribution in [3.8, 4) is 11.1 Å². The molecule has 3 nitrogen and oxygen atoms in total. The van der Waals surface area contributed by atoms with Gasteiger partial charge in [0.15, 0.2) is 0 Å². The zero-order valence-electron chi connectivity index (χ0n) is 8.87. The molecule has 0 fully saturated rings. The molecule has 0 bridgehead atoms. The quantitative estimate of drug-likeness (QED) is 0.781. The van der Waals surface area contributed by atoms with Crippen molar-refractivity contribution in [1.82, 2.24) is 0 Å². The average molecular weight is 271 g/mol. The summed E-state index contributed by atoms with van der Waals surface area (Å²) >= 11 is 11.9. The molecule has 0 aromatic heterocycles. The van der Waals surface area contributed by atoms with E-state index in [2.05, 4.69) is 0 Å². The molecule has 90 valence electrons. The van der Waals surface area contributed by atoms with Gasteiger partial charge in [0.25, 0.3) is 0 Å². The van der Waals surface area contributed by atoms with Crippen molar-refractivity contribution in [3.63, 3.8) is 0 Å². The standard InChI is InChI=1S/C12H10Cl2N2.H2O/c13-9-5-7(1-3-11(9)15)8-2-4-12(16)10(14)6-8;/h1-6H,15-16H2;1H2. The molecule has 0 saturated carbocycles. The van der Waals surface area contributed by atoms with E-state index in [0.717, 1.165) is 11.1 Å². The zero-order valence-corrected chi connectivity index (χ0v) is 10.4. The Hall–Kier alpha value is -1.42. The van der Waals surface area contributed by atoms with Crippen LogP contribution in [0.4, 0.5) is 11.4 Å². The summed E-state index contributed by atoms with van der Waals surface area (Å²) in [7, 11) is 0. The van der Waals surface area contributed by atoms with E-state index < -0.39 is 0 Å². The van der Waals surface area contributed by atoms with Crippen LogP contribution in [-0.2, 0) is 0 Å². The monoisotopic (exact) mass is 270 g/mol. The Morgan fingerprint density at radius 2 is 1.06 bits per heavy atom. The first-order chi connectivity index (χ1) is 7.58. The number of benzene rings is 2. The van der Waals surface area contributed by atoms with Crippen molar-refractivity contribution < 1.29 is 5.48 Å². The fourth-order valence-electron chi connectivity index (χ4n) is 1.41. The molecule has 0 saturated heterocycles. The fourth-order valence-corrected chi connectivity index (χ4v) is 1.77. The lowest BCUT2D eigenvalue weighted by atomic mass is 10.1. The van der Waals surface area contributed by atoms with E-state index in [1.54, 1.807) is 24.3 Å².